The van der Waals surface area contributed by atoms with E-state index in [1.54, 1.807) is 0 Å². The molecule has 0 aromatic rings. The van der Waals surface area contributed by atoms with Crippen molar-refractivity contribution in [1.82, 2.24) is 0 Å². The van der Waals surface area contributed by atoms with Gasteiger partial charge in [-0.15, -0.1) is 44.2 Å². The molecule has 0 saturated carbocycles. The molecule has 1 N–H and O–H groups in total. The van der Waals surface area contributed by atoms with Gasteiger partial charge in [0.2, 0.25) is 0 Å². The zero-order chi connectivity index (χ0) is 11.4. The van der Waals surface area contributed by atoms with Gasteiger partial charge < -0.3 is 5.73 Å². The topological polar surface area (TPSA) is 23.8 Å². The van der Waals surface area contributed by atoms with Gasteiger partial charge in [-0.3, -0.25) is 6.08 Å². The molecule has 1 aliphatic rings. The van der Waals surface area contributed by atoms with Gasteiger partial charge in [-0.05, 0) is 0 Å². The molecule has 103 valence electrons. The van der Waals surface area contributed by atoms with Crippen LogP contribution in [0, 0.1) is 6.08 Å². The van der Waals surface area contributed by atoms with Crippen molar-refractivity contribution in [3.63, 3.8) is 0 Å². The van der Waals surface area contributed by atoms with Gasteiger partial charge in [0.1, 0.15) is 0 Å². The van der Waals surface area contributed by atoms with Crippen LogP contribution in [-0.4, -0.2) is 15.6 Å². The van der Waals surface area contributed by atoms with Crippen LogP contribution in [0.25, 0.3) is 5.73 Å². The average Bonchev–Trinajstić information content (AvgIpc) is 2.58. The van der Waals surface area contributed by atoms with E-state index in [1.807, 2.05) is 19.9 Å². The first-order chi connectivity index (χ1) is 6.58. The first-order valence-electron chi connectivity index (χ1n) is 5.26. The molecular weight excluding hydrogens is 436 g/mol. The molecule has 0 spiro atoms. The van der Waals surface area contributed by atoms with Crippen LogP contribution < -0.4 is 0 Å². The quantitative estimate of drug-likeness (QED) is 0.392. The van der Waals surface area contributed by atoms with Gasteiger partial charge in [-0.25, -0.2) is 11.6 Å². The van der Waals surface area contributed by atoms with Crippen LogP contribution in [-0.2, 0) is 25.8 Å². The first-order valence-corrected chi connectivity index (χ1v) is 7.57. The number of allylic oxidation sites excluding steroid dienone is 4. The second-order valence-corrected chi connectivity index (χ2v) is 4.54. The molecule has 1 radical (unpaired) electrons. The maximum atomic E-state index is 6.83. The predicted octanol–water partition coefficient (Wildman–Crippen LogP) is 4.89. The van der Waals surface area contributed by atoms with Crippen LogP contribution in [0.1, 0.15) is 33.6 Å². The van der Waals surface area contributed by atoms with Gasteiger partial charge in [0.25, 0.3) is 0 Å². The number of nitrogens with one attached hydrogen (secondary N) is 1. The van der Waals surface area contributed by atoms with Gasteiger partial charge in [0.15, 0.2) is 0 Å². The molecule has 0 fully saturated rings. The molecule has 1 rings (SSSR count). The minimum Gasteiger partial charge on any atom is -0.675 e. The third-order valence-electron chi connectivity index (χ3n) is 1.48. The summed E-state index contributed by atoms with van der Waals surface area (Å²) in [4.78, 5) is 0. The Morgan fingerprint density at radius 1 is 1.41 bits per heavy atom. The Kier molecular flexibility index (Phi) is 46.9. The Bertz CT molecular complexity index is 171. The van der Waals surface area contributed by atoms with E-state index in [0.29, 0.717) is 0 Å². The largest absolute Gasteiger partial charge is 0.675 e. The van der Waals surface area contributed by atoms with E-state index >= 15 is 0 Å². The molecule has 0 saturated heterocycles. The summed E-state index contributed by atoms with van der Waals surface area (Å²) >= 11 is 0. The Morgan fingerprint density at radius 3 is 1.82 bits per heavy atom. The summed E-state index contributed by atoms with van der Waals surface area (Å²) in [6.07, 6.45) is 9.21. The molecule has 0 aromatic heterocycles. The van der Waals surface area contributed by atoms with Crippen molar-refractivity contribution in [3.8, 4) is 0 Å². The Balaban J connectivity index is -0.0000000409. The van der Waals surface area contributed by atoms with Gasteiger partial charge in [-0.2, -0.15) is 6.08 Å². The second kappa shape index (κ2) is 25.8. The number of hydrogen-bond acceptors (Lipinski definition) is 0. The van der Waals surface area contributed by atoms with Crippen molar-refractivity contribution in [2.45, 2.75) is 52.7 Å². The zero-order valence-electron chi connectivity index (χ0n) is 11.5. The van der Waals surface area contributed by atoms with E-state index in [0.717, 1.165) is 22.4 Å². The van der Waals surface area contributed by atoms with E-state index < -0.39 is 0 Å². The molecule has 0 amide bonds. The summed E-state index contributed by atoms with van der Waals surface area (Å²) in [6.45, 7) is 10.4. The van der Waals surface area contributed by atoms with E-state index in [4.69, 9.17) is 5.73 Å². The molecule has 1 nitrogen and oxygen atoms in total. The van der Waals surface area contributed by atoms with Crippen LogP contribution in [0.2, 0.25) is 13.1 Å². The Labute approximate surface area is 142 Å². The number of hydrogen-bond donors (Lipinski definition) is 0. The molecule has 1 aliphatic carbocycles. The standard InChI is InChI=1S/C6H7.C4H10N.C2H7Si.2ClH.Hf/c1-6-4-2-3-5-6;1-3-4(2)5;1-3-2;;;/h4-5H,2H2,1H3;4-5H,3H2,1-2H3;3H,1-2H3;2*1H;/q2*-1;;;;. The monoisotopic (exact) mass is 462 g/mol. The van der Waals surface area contributed by atoms with E-state index in [-0.39, 0.29) is 56.7 Å². The third kappa shape index (κ3) is 38.2. The van der Waals surface area contributed by atoms with Crippen molar-refractivity contribution in [2.24, 2.45) is 0 Å². The van der Waals surface area contributed by atoms with Crippen LogP contribution in [0.15, 0.2) is 17.7 Å². The summed E-state index contributed by atoms with van der Waals surface area (Å²) in [6, 6.07) is 0.134. The summed E-state index contributed by atoms with van der Waals surface area (Å²) in [5, 5.41) is 0. The predicted molar refractivity (Wildman–Crippen MR) is 83.6 cm³/mol. The molecule has 0 aromatic carbocycles. The normalized spacial score (nSPS) is 12.0. The summed E-state index contributed by atoms with van der Waals surface area (Å²) in [7, 11) is 0.750. The minimum atomic E-state index is 0. The van der Waals surface area contributed by atoms with E-state index in [1.165, 1.54) is 5.57 Å². The van der Waals surface area contributed by atoms with Crippen molar-refractivity contribution in [3.05, 3.63) is 29.5 Å². The minimum absolute atomic E-state index is 0. The molecule has 0 bridgehead atoms. The fraction of sp³-hybridized carbons (Fsp3) is 0.667. The molecule has 17 heavy (non-hydrogen) atoms. The Morgan fingerprint density at radius 2 is 1.76 bits per heavy atom. The zero-order valence-corrected chi connectivity index (χ0v) is 17.9. The molecule has 0 aliphatic heterocycles. The summed E-state index contributed by atoms with van der Waals surface area (Å²) in [5.74, 6) is 0. The van der Waals surface area contributed by atoms with Gasteiger partial charge in [0.05, 0.1) is 0 Å². The van der Waals surface area contributed by atoms with Crippen molar-refractivity contribution < 1.29 is 25.8 Å². The maximum Gasteiger partial charge on any atom is 0.0213 e. The smallest absolute Gasteiger partial charge is 0.0213 e. The van der Waals surface area contributed by atoms with E-state index in [2.05, 4.69) is 32.2 Å². The summed E-state index contributed by atoms with van der Waals surface area (Å²) < 4.78 is 0. The fourth-order valence-corrected chi connectivity index (χ4v) is 0.499. The average molecular weight is 462 g/mol. The number of rotatable bonds is 1. The van der Waals surface area contributed by atoms with Crippen LogP contribution in [0.5, 0.6) is 0 Å². The van der Waals surface area contributed by atoms with Crippen molar-refractivity contribution >= 4 is 34.3 Å². The van der Waals surface area contributed by atoms with E-state index in [9.17, 15) is 0 Å². The second-order valence-electron chi connectivity index (χ2n) is 3.39. The SMILES string of the molecule is CC1=CC[C-]=C1.CCC(C)[NH-].C[SiH]C.Cl.Cl.[Hf]. The maximum absolute atomic E-state index is 6.83. The first kappa shape index (κ1) is 30.8. The molecule has 5 heteroatoms. The number of halogens is 2. The molecular formula is C12H26Cl2HfNSi-2. The van der Waals surface area contributed by atoms with Crippen LogP contribution >= 0.6 is 24.8 Å². The molecule has 1 atom stereocenters. The Hall–Kier alpha value is 1.11. The van der Waals surface area contributed by atoms with Gasteiger partial charge in [-0.1, -0.05) is 33.4 Å². The van der Waals surface area contributed by atoms with Crippen molar-refractivity contribution in [2.75, 3.05) is 0 Å². The summed E-state index contributed by atoms with van der Waals surface area (Å²) in [5.41, 5.74) is 8.17. The van der Waals surface area contributed by atoms with Crippen LogP contribution in [0.4, 0.5) is 0 Å². The molecule has 0 heterocycles. The van der Waals surface area contributed by atoms with Crippen molar-refractivity contribution in [1.29, 1.82) is 0 Å². The molecule has 1 unspecified atom stereocenters. The van der Waals surface area contributed by atoms with Crippen LogP contribution in [0.3, 0.4) is 0 Å². The van der Waals surface area contributed by atoms with Gasteiger partial charge in [0, 0.05) is 35.4 Å². The van der Waals surface area contributed by atoms with Gasteiger partial charge >= 0.3 is 0 Å². The fourth-order valence-electron chi connectivity index (χ4n) is 0.499. The third-order valence-corrected chi connectivity index (χ3v) is 1.48.